The van der Waals surface area contributed by atoms with Crippen molar-refractivity contribution in [3.8, 4) is 6.07 Å². The maximum Gasteiger partial charge on any atom is 0.296 e. The van der Waals surface area contributed by atoms with Crippen LogP contribution in [0.3, 0.4) is 0 Å². The molecule has 0 aliphatic carbocycles. The fraction of sp³-hybridized carbons (Fsp3) is 0.182. The highest BCUT2D eigenvalue weighted by atomic mass is 16.6. The minimum atomic E-state index is -0.876. The van der Waals surface area contributed by atoms with E-state index in [9.17, 15) is 25.3 Å². The maximum atomic E-state index is 10.9. The van der Waals surface area contributed by atoms with Gasteiger partial charge in [-0.15, -0.1) is 0 Å². The second kappa shape index (κ2) is 6.14. The van der Waals surface area contributed by atoms with Crippen molar-refractivity contribution in [2.75, 3.05) is 6.61 Å². The van der Waals surface area contributed by atoms with Gasteiger partial charge in [0.05, 0.1) is 28.1 Å². The normalized spacial score (nSPS) is 11.2. The van der Waals surface area contributed by atoms with Crippen LogP contribution >= 0.6 is 0 Å². The molecule has 9 nitrogen and oxygen atoms in total. The summed E-state index contributed by atoms with van der Waals surface area (Å²) in [7, 11) is 0. The number of nitro groups is 2. The Balaban J connectivity index is 3.52. The molecular formula is C11H9N3O6. The van der Waals surface area contributed by atoms with Crippen LogP contribution in [0, 0.1) is 31.6 Å². The van der Waals surface area contributed by atoms with E-state index < -0.39 is 32.7 Å². The minimum absolute atomic E-state index is 0.0534. The first-order valence-electron chi connectivity index (χ1n) is 5.31. The number of rotatable bonds is 5. The zero-order chi connectivity index (χ0) is 15.3. The quantitative estimate of drug-likeness (QED) is 0.377. The molecule has 20 heavy (non-hydrogen) atoms. The van der Waals surface area contributed by atoms with Gasteiger partial charge in [-0.2, -0.15) is 5.26 Å². The summed E-state index contributed by atoms with van der Waals surface area (Å²) in [5.74, 6) is -0.771. The van der Waals surface area contributed by atoms with E-state index in [2.05, 4.69) is 0 Å². The second-order valence-electron chi connectivity index (χ2n) is 3.44. The average molecular weight is 279 g/mol. The molecule has 0 atom stereocenters. The highest BCUT2D eigenvalue weighted by molar-refractivity contribution is 5.83. The molecule has 0 radical (unpaired) electrons. The molecule has 1 N–H and O–H groups in total. The van der Waals surface area contributed by atoms with Crippen LogP contribution in [0.5, 0.6) is 0 Å². The van der Waals surface area contributed by atoms with E-state index in [1.165, 1.54) is 0 Å². The minimum Gasteiger partial charge on any atom is -0.480 e. The zero-order valence-corrected chi connectivity index (χ0v) is 10.3. The molecule has 1 aromatic rings. The summed E-state index contributed by atoms with van der Waals surface area (Å²) in [6, 6.07) is 4.31. The Kier molecular flexibility index (Phi) is 4.58. The van der Waals surface area contributed by atoms with Crippen LogP contribution in [-0.4, -0.2) is 21.6 Å². The third-order valence-electron chi connectivity index (χ3n) is 2.26. The molecule has 104 valence electrons. The van der Waals surface area contributed by atoms with Gasteiger partial charge in [-0.05, 0) is 13.0 Å². The lowest BCUT2D eigenvalue weighted by Gasteiger charge is -2.05. The summed E-state index contributed by atoms with van der Waals surface area (Å²) >= 11 is 0. The Labute approximate surface area is 112 Å². The van der Waals surface area contributed by atoms with E-state index in [4.69, 9.17) is 10.00 Å². The number of benzene rings is 1. The van der Waals surface area contributed by atoms with Crippen molar-refractivity contribution >= 4 is 16.9 Å². The van der Waals surface area contributed by atoms with Crippen LogP contribution in [0.25, 0.3) is 5.57 Å². The third kappa shape index (κ3) is 2.99. The van der Waals surface area contributed by atoms with Crippen molar-refractivity contribution in [2.45, 2.75) is 6.92 Å². The van der Waals surface area contributed by atoms with Crippen LogP contribution in [0.4, 0.5) is 11.4 Å². The van der Waals surface area contributed by atoms with Crippen LogP contribution in [0.15, 0.2) is 24.1 Å². The van der Waals surface area contributed by atoms with Crippen LogP contribution < -0.4 is 0 Å². The van der Waals surface area contributed by atoms with Gasteiger partial charge in [0, 0.05) is 6.07 Å². The van der Waals surface area contributed by atoms with Crippen molar-refractivity contribution in [1.29, 1.82) is 5.26 Å². The number of hydrogen-bond donors (Lipinski definition) is 1. The largest absolute Gasteiger partial charge is 0.480 e. The van der Waals surface area contributed by atoms with Gasteiger partial charge in [0.15, 0.2) is 0 Å². The van der Waals surface area contributed by atoms with Crippen molar-refractivity contribution in [2.24, 2.45) is 0 Å². The smallest absolute Gasteiger partial charge is 0.296 e. The second-order valence-corrected chi connectivity index (χ2v) is 3.44. The van der Waals surface area contributed by atoms with Gasteiger partial charge in [-0.25, -0.2) is 0 Å². The molecule has 0 spiro atoms. The number of aliphatic hydroxyl groups is 1. The molecule has 0 aliphatic heterocycles. The molecule has 0 heterocycles. The summed E-state index contributed by atoms with van der Waals surface area (Å²) in [4.78, 5) is 19.8. The van der Waals surface area contributed by atoms with E-state index in [-0.39, 0.29) is 12.2 Å². The van der Waals surface area contributed by atoms with Gasteiger partial charge in [-0.1, -0.05) is 0 Å². The molecule has 1 aromatic carbocycles. The predicted octanol–water partition coefficient (Wildman–Crippen LogP) is 2.29. The van der Waals surface area contributed by atoms with E-state index in [0.29, 0.717) is 6.07 Å². The number of aliphatic hydroxyl groups excluding tert-OH is 1. The molecule has 9 heteroatoms. The average Bonchev–Trinajstić information content (AvgIpc) is 2.39. The molecule has 0 aliphatic rings. The Morgan fingerprint density at radius 2 is 2.05 bits per heavy atom. The SMILES string of the molecule is CCO/C(O)=C(/C#N)c1ccc([N+](=O)[O-])cc1[N+](=O)[O-]. The first-order valence-corrected chi connectivity index (χ1v) is 5.31. The summed E-state index contributed by atoms with van der Waals surface area (Å²) in [6.45, 7) is 1.60. The molecule has 0 saturated heterocycles. The van der Waals surface area contributed by atoms with Gasteiger partial charge in [0.1, 0.15) is 11.6 Å². The number of allylic oxidation sites excluding steroid dienone is 1. The van der Waals surface area contributed by atoms with Crippen LogP contribution in [0.1, 0.15) is 12.5 Å². The number of non-ortho nitro benzene ring substituents is 1. The van der Waals surface area contributed by atoms with Crippen molar-refractivity contribution in [3.05, 3.63) is 49.9 Å². The number of ether oxygens (including phenoxy) is 1. The lowest BCUT2D eigenvalue weighted by Crippen LogP contribution is -2.00. The van der Waals surface area contributed by atoms with Crippen LogP contribution in [-0.2, 0) is 4.74 Å². The van der Waals surface area contributed by atoms with E-state index >= 15 is 0 Å². The van der Waals surface area contributed by atoms with Gasteiger partial charge in [0.2, 0.25) is 0 Å². The lowest BCUT2D eigenvalue weighted by molar-refractivity contribution is -0.394. The fourth-order valence-corrected chi connectivity index (χ4v) is 1.43. The van der Waals surface area contributed by atoms with Crippen molar-refractivity contribution in [3.63, 3.8) is 0 Å². The highest BCUT2D eigenvalue weighted by Crippen LogP contribution is 2.31. The highest BCUT2D eigenvalue weighted by Gasteiger charge is 2.24. The van der Waals surface area contributed by atoms with Gasteiger partial charge < -0.3 is 9.84 Å². The predicted molar refractivity (Wildman–Crippen MR) is 66.5 cm³/mol. The van der Waals surface area contributed by atoms with E-state index in [1.54, 1.807) is 13.0 Å². The number of nitrogens with zero attached hydrogens (tertiary/aromatic N) is 3. The summed E-state index contributed by atoms with van der Waals surface area (Å²) in [5.41, 5.74) is -1.88. The van der Waals surface area contributed by atoms with Crippen LogP contribution in [0.2, 0.25) is 0 Å². The monoisotopic (exact) mass is 279 g/mol. The third-order valence-corrected chi connectivity index (χ3v) is 2.26. The zero-order valence-electron chi connectivity index (χ0n) is 10.3. The molecule has 0 unspecified atom stereocenters. The number of hydrogen-bond acceptors (Lipinski definition) is 7. The van der Waals surface area contributed by atoms with Gasteiger partial charge in [-0.3, -0.25) is 20.2 Å². The van der Waals surface area contributed by atoms with E-state index in [1.807, 2.05) is 0 Å². The molecule has 0 fully saturated rings. The Morgan fingerprint density at radius 1 is 1.40 bits per heavy atom. The molecule has 0 saturated carbocycles. The molecular weight excluding hydrogens is 270 g/mol. The molecule has 1 rings (SSSR count). The Bertz CT molecular complexity index is 632. The van der Waals surface area contributed by atoms with E-state index in [0.717, 1.165) is 12.1 Å². The topological polar surface area (TPSA) is 140 Å². The lowest BCUT2D eigenvalue weighted by atomic mass is 10.0. The molecule has 0 bridgehead atoms. The molecule has 0 amide bonds. The summed E-state index contributed by atoms with van der Waals surface area (Å²) in [5, 5.41) is 40.0. The first kappa shape index (κ1) is 14.9. The Morgan fingerprint density at radius 3 is 2.50 bits per heavy atom. The van der Waals surface area contributed by atoms with Crippen molar-refractivity contribution < 1.29 is 19.7 Å². The van der Waals surface area contributed by atoms with Gasteiger partial charge >= 0.3 is 0 Å². The van der Waals surface area contributed by atoms with Crippen molar-refractivity contribution in [1.82, 2.24) is 0 Å². The number of nitriles is 1. The fourth-order valence-electron chi connectivity index (χ4n) is 1.43. The standard InChI is InChI=1S/C11H9N3O6/c1-2-20-11(15)9(6-12)8-4-3-7(13(16)17)5-10(8)14(18)19/h3-5,15H,2H2,1H3/b11-9-. The maximum absolute atomic E-state index is 10.9. The first-order chi connectivity index (χ1) is 9.42. The Hall–Kier alpha value is -3.15. The summed E-state index contributed by atoms with van der Waals surface area (Å²) in [6.07, 6.45) is 0. The number of nitro benzene ring substituents is 2. The molecule has 0 aromatic heterocycles. The summed E-state index contributed by atoms with van der Waals surface area (Å²) < 4.78 is 4.72. The van der Waals surface area contributed by atoms with Gasteiger partial charge in [0.25, 0.3) is 17.3 Å².